The Labute approximate surface area is 103 Å². The lowest BCUT2D eigenvalue weighted by Gasteiger charge is -2.33. The second-order valence-corrected chi connectivity index (χ2v) is 4.20. The minimum Gasteiger partial charge on any atom is -0.480 e. The van der Waals surface area contributed by atoms with Gasteiger partial charge in [0.15, 0.2) is 5.82 Å². The van der Waals surface area contributed by atoms with Crippen molar-refractivity contribution in [3.8, 4) is 0 Å². The summed E-state index contributed by atoms with van der Waals surface area (Å²) in [6, 6.07) is 0.407. The summed E-state index contributed by atoms with van der Waals surface area (Å²) < 4.78 is 13.5. The molecular formula is C12H13FN2O3. The molecule has 1 fully saturated rings. The van der Waals surface area contributed by atoms with E-state index in [1.54, 1.807) is 0 Å². The number of aromatic nitrogens is 1. The van der Waals surface area contributed by atoms with Crippen LogP contribution in [0.25, 0.3) is 0 Å². The van der Waals surface area contributed by atoms with Gasteiger partial charge >= 0.3 is 5.97 Å². The Kier molecular flexibility index (Phi) is 3.55. The molecule has 1 amide bonds. The third-order valence-electron chi connectivity index (χ3n) is 3.05. The van der Waals surface area contributed by atoms with Crippen molar-refractivity contribution < 1.29 is 19.1 Å². The zero-order valence-electron chi connectivity index (χ0n) is 9.67. The van der Waals surface area contributed by atoms with Crippen molar-refractivity contribution in [2.45, 2.75) is 25.3 Å². The molecule has 1 atom stereocenters. The summed E-state index contributed by atoms with van der Waals surface area (Å²) in [6.07, 6.45) is 4.18. The average Bonchev–Trinajstić information content (AvgIpc) is 2.38. The van der Waals surface area contributed by atoms with E-state index in [1.807, 2.05) is 0 Å². The van der Waals surface area contributed by atoms with E-state index in [4.69, 9.17) is 5.11 Å². The first-order valence-electron chi connectivity index (χ1n) is 5.74. The van der Waals surface area contributed by atoms with E-state index in [0.717, 1.165) is 19.0 Å². The number of carbonyl (C=O) groups is 2. The molecule has 6 heteroatoms. The highest BCUT2D eigenvalue weighted by atomic mass is 19.1. The summed E-state index contributed by atoms with van der Waals surface area (Å²) >= 11 is 0. The first kappa shape index (κ1) is 12.5. The molecule has 0 aliphatic carbocycles. The second-order valence-electron chi connectivity index (χ2n) is 4.20. The van der Waals surface area contributed by atoms with E-state index >= 15 is 0 Å². The van der Waals surface area contributed by atoms with Crippen molar-refractivity contribution in [2.24, 2.45) is 0 Å². The molecule has 0 unspecified atom stereocenters. The quantitative estimate of drug-likeness (QED) is 0.861. The molecule has 2 rings (SSSR count). The van der Waals surface area contributed by atoms with Crippen LogP contribution in [0.15, 0.2) is 18.5 Å². The zero-order valence-corrected chi connectivity index (χ0v) is 9.67. The van der Waals surface area contributed by atoms with Gasteiger partial charge in [0.05, 0.1) is 11.8 Å². The summed E-state index contributed by atoms with van der Waals surface area (Å²) in [5.41, 5.74) is -0.127. The molecule has 18 heavy (non-hydrogen) atoms. The largest absolute Gasteiger partial charge is 0.480 e. The van der Waals surface area contributed by atoms with Crippen LogP contribution < -0.4 is 0 Å². The maximum atomic E-state index is 13.5. The maximum Gasteiger partial charge on any atom is 0.326 e. The third kappa shape index (κ3) is 2.32. The van der Waals surface area contributed by atoms with Gasteiger partial charge in [-0.1, -0.05) is 0 Å². The van der Waals surface area contributed by atoms with Crippen molar-refractivity contribution in [1.82, 2.24) is 9.88 Å². The Hall–Kier alpha value is -1.98. The molecule has 1 aliphatic heterocycles. The van der Waals surface area contributed by atoms with Crippen molar-refractivity contribution >= 4 is 11.9 Å². The molecule has 5 nitrogen and oxygen atoms in total. The molecule has 1 aliphatic rings. The SMILES string of the molecule is O=C(O)[C@H]1CCCCN1C(=O)c1ccncc1F. The standard InChI is InChI=1S/C12H13FN2O3/c13-9-7-14-5-4-8(9)11(16)15-6-2-1-3-10(15)12(17)18/h4-5,7,10H,1-3,6H2,(H,17,18)/t10-/m1/s1. The summed E-state index contributed by atoms with van der Waals surface area (Å²) in [6.45, 7) is 0.345. The number of amides is 1. The highest BCUT2D eigenvalue weighted by Gasteiger charge is 2.33. The van der Waals surface area contributed by atoms with Crippen LogP contribution in [0, 0.1) is 5.82 Å². The van der Waals surface area contributed by atoms with Crippen LogP contribution in [-0.2, 0) is 4.79 Å². The van der Waals surface area contributed by atoms with Gasteiger partial charge in [-0.3, -0.25) is 9.78 Å². The van der Waals surface area contributed by atoms with Gasteiger partial charge in [-0.15, -0.1) is 0 Å². The summed E-state index contributed by atoms with van der Waals surface area (Å²) in [5, 5.41) is 9.07. The summed E-state index contributed by atoms with van der Waals surface area (Å²) in [7, 11) is 0. The van der Waals surface area contributed by atoms with Crippen LogP contribution in [0.5, 0.6) is 0 Å². The Morgan fingerprint density at radius 3 is 2.89 bits per heavy atom. The van der Waals surface area contributed by atoms with Crippen LogP contribution >= 0.6 is 0 Å². The normalized spacial score (nSPS) is 19.6. The van der Waals surface area contributed by atoms with Gasteiger partial charge in [0.25, 0.3) is 5.91 Å². The predicted octanol–water partition coefficient (Wildman–Crippen LogP) is 1.30. The molecule has 0 spiro atoms. The average molecular weight is 252 g/mol. The minimum atomic E-state index is -1.04. The summed E-state index contributed by atoms with van der Waals surface area (Å²) in [5.74, 6) is -2.35. The fraction of sp³-hybridized carbons (Fsp3) is 0.417. The third-order valence-corrected chi connectivity index (χ3v) is 3.05. The number of rotatable bonds is 2. The van der Waals surface area contributed by atoms with Gasteiger partial charge in [-0.25, -0.2) is 9.18 Å². The Balaban J connectivity index is 2.27. The number of carbonyl (C=O) groups excluding carboxylic acids is 1. The van der Waals surface area contributed by atoms with E-state index in [9.17, 15) is 14.0 Å². The molecule has 0 aromatic carbocycles. The van der Waals surface area contributed by atoms with Crippen LogP contribution in [0.2, 0.25) is 0 Å². The van der Waals surface area contributed by atoms with Crippen molar-refractivity contribution in [3.05, 3.63) is 29.8 Å². The lowest BCUT2D eigenvalue weighted by atomic mass is 10.0. The number of hydrogen-bond acceptors (Lipinski definition) is 3. The fourth-order valence-electron chi connectivity index (χ4n) is 2.13. The molecule has 0 radical (unpaired) electrons. The molecule has 96 valence electrons. The van der Waals surface area contributed by atoms with Crippen molar-refractivity contribution in [2.75, 3.05) is 6.54 Å². The highest BCUT2D eigenvalue weighted by molar-refractivity contribution is 5.96. The first-order chi connectivity index (χ1) is 8.61. The van der Waals surface area contributed by atoms with Gasteiger partial charge in [0, 0.05) is 12.7 Å². The Morgan fingerprint density at radius 2 is 2.22 bits per heavy atom. The number of carboxylic acids is 1. The predicted molar refractivity (Wildman–Crippen MR) is 60.5 cm³/mol. The number of hydrogen-bond donors (Lipinski definition) is 1. The van der Waals surface area contributed by atoms with E-state index in [-0.39, 0.29) is 5.56 Å². The van der Waals surface area contributed by atoms with Crippen LogP contribution in [0.3, 0.4) is 0 Å². The summed E-state index contributed by atoms with van der Waals surface area (Å²) in [4.78, 5) is 28.0. The number of nitrogens with zero attached hydrogens (tertiary/aromatic N) is 2. The van der Waals surface area contributed by atoms with Crippen LogP contribution in [0.1, 0.15) is 29.6 Å². The monoisotopic (exact) mass is 252 g/mol. The molecule has 2 heterocycles. The molecular weight excluding hydrogens is 239 g/mol. The number of likely N-dealkylation sites (tertiary alicyclic amines) is 1. The van der Waals surface area contributed by atoms with Gasteiger partial charge in [-0.2, -0.15) is 0 Å². The van der Waals surface area contributed by atoms with Gasteiger partial charge in [-0.05, 0) is 25.3 Å². The van der Waals surface area contributed by atoms with Gasteiger partial charge in [0.2, 0.25) is 0 Å². The van der Waals surface area contributed by atoms with E-state index in [0.29, 0.717) is 13.0 Å². The minimum absolute atomic E-state index is 0.127. The molecule has 0 saturated carbocycles. The molecule has 1 saturated heterocycles. The highest BCUT2D eigenvalue weighted by Crippen LogP contribution is 2.20. The molecule has 0 bridgehead atoms. The number of carboxylic acid groups (broad SMARTS) is 1. The van der Waals surface area contributed by atoms with Gasteiger partial charge in [0.1, 0.15) is 6.04 Å². The maximum absolute atomic E-state index is 13.5. The number of halogens is 1. The number of pyridine rings is 1. The Morgan fingerprint density at radius 1 is 1.44 bits per heavy atom. The smallest absolute Gasteiger partial charge is 0.326 e. The molecule has 1 aromatic rings. The van der Waals surface area contributed by atoms with E-state index in [1.165, 1.54) is 17.2 Å². The number of aliphatic carboxylic acids is 1. The van der Waals surface area contributed by atoms with Crippen molar-refractivity contribution in [1.29, 1.82) is 0 Å². The van der Waals surface area contributed by atoms with E-state index < -0.39 is 23.7 Å². The van der Waals surface area contributed by atoms with Crippen LogP contribution in [0.4, 0.5) is 4.39 Å². The molecule has 1 N–H and O–H groups in total. The van der Waals surface area contributed by atoms with Gasteiger partial charge < -0.3 is 10.0 Å². The topological polar surface area (TPSA) is 70.5 Å². The van der Waals surface area contributed by atoms with E-state index in [2.05, 4.69) is 4.98 Å². The lowest BCUT2D eigenvalue weighted by molar-refractivity contribution is -0.143. The number of piperidine rings is 1. The fourth-order valence-corrected chi connectivity index (χ4v) is 2.13. The first-order valence-corrected chi connectivity index (χ1v) is 5.74. The Bertz CT molecular complexity index is 478. The molecule has 1 aromatic heterocycles. The lowest BCUT2D eigenvalue weighted by Crippen LogP contribution is -2.48. The van der Waals surface area contributed by atoms with Crippen molar-refractivity contribution in [3.63, 3.8) is 0 Å². The van der Waals surface area contributed by atoms with Crippen LogP contribution in [-0.4, -0.2) is 39.5 Å². The second kappa shape index (κ2) is 5.12. The zero-order chi connectivity index (χ0) is 13.1.